The van der Waals surface area contributed by atoms with Crippen LogP contribution in [0.5, 0.6) is 0 Å². The monoisotopic (exact) mass is 626 g/mol. The molecule has 0 fully saturated rings. The van der Waals surface area contributed by atoms with E-state index in [4.69, 9.17) is 9.47 Å². The molecule has 4 atom stereocenters. The molecule has 2 N–H and O–H groups in total. The Kier molecular flexibility index (Phi) is 15.4. The number of benzene rings is 3. The van der Waals surface area contributed by atoms with Crippen LogP contribution in [0, 0.1) is 11.8 Å². The molecule has 0 aliphatic carbocycles. The number of allylic oxidation sites excluding steroid dienone is 2. The summed E-state index contributed by atoms with van der Waals surface area (Å²) in [6.07, 6.45) is 3.52. The Morgan fingerprint density at radius 2 is 1.41 bits per heavy atom. The van der Waals surface area contributed by atoms with E-state index >= 15 is 0 Å². The Labute approximate surface area is 272 Å². The fraction of sp³-hybridized carbons (Fsp3) is 0.342. The van der Waals surface area contributed by atoms with E-state index in [1.165, 1.54) is 7.11 Å². The summed E-state index contributed by atoms with van der Waals surface area (Å²) in [7, 11) is 1.51. The Hall–Kier alpha value is -4.53. The van der Waals surface area contributed by atoms with Crippen LogP contribution in [0.25, 0.3) is 0 Å². The highest BCUT2D eigenvalue weighted by Gasteiger charge is 2.33. The van der Waals surface area contributed by atoms with Crippen LogP contribution in [0.4, 0.5) is 0 Å². The number of esters is 1. The third kappa shape index (κ3) is 11.4. The summed E-state index contributed by atoms with van der Waals surface area (Å²) >= 11 is 0. The minimum Gasteiger partial charge on any atom is -0.455 e. The van der Waals surface area contributed by atoms with Crippen LogP contribution in [-0.4, -0.2) is 60.7 Å². The van der Waals surface area contributed by atoms with E-state index in [2.05, 4.69) is 18.5 Å². The summed E-state index contributed by atoms with van der Waals surface area (Å²) in [5.74, 6) is -2.27. The molecule has 0 aliphatic rings. The maximum atomic E-state index is 13.8. The lowest BCUT2D eigenvalue weighted by molar-refractivity contribution is -0.158. The molecule has 8 nitrogen and oxygen atoms in total. The fourth-order valence-corrected chi connectivity index (χ4v) is 5.33. The largest absolute Gasteiger partial charge is 0.455 e. The molecule has 244 valence electrons. The third-order valence-corrected chi connectivity index (χ3v) is 7.70. The molecule has 0 aliphatic heterocycles. The van der Waals surface area contributed by atoms with E-state index < -0.39 is 30.0 Å². The first-order valence-corrected chi connectivity index (χ1v) is 15.6. The van der Waals surface area contributed by atoms with Gasteiger partial charge in [0.25, 0.3) is 0 Å². The van der Waals surface area contributed by atoms with Crippen LogP contribution in [0.3, 0.4) is 0 Å². The van der Waals surface area contributed by atoms with Crippen LogP contribution >= 0.6 is 0 Å². The van der Waals surface area contributed by atoms with Gasteiger partial charge in [0.1, 0.15) is 6.10 Å². The molecule has 3 rings (SSSR count). The lowest BCUT2D eigenvalue weighted by atomic mass is 9.95. The van der Waals surface area contributed by atoms with Crippen molar-refractivity contribution in [3.63, 3.8) is 0 Å². The van der Waals surface area contributed by atoms with Gasteiger partial charge in [-0.1, -0.05) is 103 Å². The molecule has 0 radical (unpaired) electrons. The first-order valence-electron chi connectivity index (χ1n) is 15.6. The van der Waals surface area contributed by atoms with E-state index in [-0.39, 0.29) is 44.4 Å². The van der Waals surface area contributed by atoms with E-state index in [0.717, 1.165) is 11.1 Å². The first kappa shape index (κ1) is 35.9. The van der Waals surface area contributed by atoms with Crippen LogP contribution < -0.4 is 5.32 Å². The summed E-state index contributed by atoms with van der Waals surface area (Å²) < 4.78 is 11.7. The number of nitrogens with one attached hydrogen (secondary N) is 1. The predicted molar refractivity (Wildman–Crippen MR) is 179 cm³/mol. The van der Waals surface area contributed by atoms with Crippen molar-refractivity contribution in [1.82, 2.24) is 10.2 Å². The Morgan fingerprint density at radius 1 is 0.848 bits per heavy atom. The Morgan fingerprint density at radius 3 is 1.98 bits per heavy atom. The molecule has 0 saturated carbocycles. The van der Waals surface area contributed by atoms with Crippen LogP contribution in [0.1, 0.15) is 42.1 Å². The minimum atomic E-state index is -0.857. The minimum absolute atomic E-state index is 0.0583. The van der Waals surface area contributed by atoms with Crippen molar-refractivity contribution < 1.29 is 29.0 Å². The normalized spacial score (nSPS) is 13.4. The van der Waals surface area contributed by atoms with E-state index in [1.54, 1.807) is 17.1 Å². The molecule has 2 amide bonds. The van der Waals surface area contributed by atoms with Crippen LogP contribution in [-0.2, 0) is 36.8 Å². The summed E-state index contributed by atoms with van der Waals surface area (Å²) in [6, 6.07) is 27.7. The lowest BCUT2D eigenvalue weighted by Crippen LogP contribution is -2.47. The first-order chi connectivity index (χ1) is 22.4. The van der Waals surface area contributed by atoms with E-state index in [0.29, 0.717) is 24.9 Å². The van der Waals surface area contributed by atoms with Gasteiger partial charge in [-0.25, -0.2) is 0 Å². The standard InChI is InChI=1S/C38H46N2O6/c1-4-15-32(26-35(42)40(23-24-41)27-30-19-11-7-12-20-30)37(43)39-34(28-45-3)36(31-21-13-8-14-22-31)46-38(44)33(16-5-2)25-29-17-9-6-10-18-29/h4-14,17-22,32-34,36,41H,1-2,15-16,23-28H2,3H3,(H,39,43). The number of carbonyl (C=O) groups excluding carboxylic acids is 3. The quantitative estimate of drug-likeness (QED) is 0.128. The molecular formula is C38H46N2O6. The summed E-state index contributed by atoms with van der Waals surface area (Å²) in [5.41, 5.74) is 2.62. The second kappa shape index (κ2) is 19.8. The van der Waals surface area contributed by atoms with E-state index in [1.807, 2.05) is 91.0 Å². The molecule has 4 unspecified atom stereocenters. The van der Waals surface area contributed by atoms with Gasteiger partial charge in [0, 0.05) is 26.6 Å². The second-order valence-electron chi connectivity index (χ2n) is 11.2. The number of rotatable bonds is 20. The highest BCUT2D eigenvalue weighted by Crippen LogP contribution is 2.26. The summed E-state index contributed by atoms with van der Waals surface area (Å²) in [4.78, 5) is 42.5. The van der Waals surface area contributed by atoms with Gasteiger partial charge in [-0.05, 0) is 36.0 Å². The van der Waals surface area contributed by atoms with Crippen molar-refractivity contribution >= 4 is 17.8 Å². The second-order valence-corrected chi connectivity index (χ2v) is 11.2. The average Bonchev–Trinajstić information content (AvgIpc) is 3.07. The van der Waals surface area contributed by atoms with E-state index in [9.17, 15) is 19.5 Å². The lowest BCUT2D eigenvalue weighted by Gasteiger charge is -2.31. The van der Waals surface area contributed by atoms with Gasteiger partial charge in [0.2, 0.25) is 11.8 Å². The number of nitrogens with zero attached hydrogens (tertiary/aromatic N) is 1. The molecule has 0 aromatic heterocycles. The highest BCUT2D eigenvalue weighted by molar-refractivity contribution is 5.86. The molecule has 3 aromatic carbocycles. The predicted octanol–water partition coefficient (Wildman–Crippen LogP) is 5.44. The zero-order chi connectivity index (χ0) is 33.1. The zero-order valence-corrected chi connectivity index (χ0v) is 26.6. The number of amides is 2. The molecule has 0 heterocycles. The van der Waals surface area contributed by atoms with Crippen molar-refractivity contribution in [2.45, 2.75) is 44.4 Å². The van der Waals surface area contributed by atoms with Crippen LogP contribution in [0.2, 0.25) is 0 Å². The van der Waals surface area contributed by atoms with Gasteiger partial charge < -0.3 is 24.8 Å². The maximum absolute atomic E-state index is 13.8. The smallest absolute Gasteiger partial charge is 0.310 e. The molecule has 3 aromatic rings. The summed E-state index contributed by atoms with van der Waals surface area (Å²) in [6.45, 7) is 7.95. The number of hydrogen-bond donors (Lipinski definition) is 2. The fourth-order valence-electron chi connectivity index (χ4n) is 5.33. The number of aliphatic hydroxyl groups is 1. The Bertz CT molecular complexity index is 1370. The average molecular weight is 627 g/mol. The number of methoxy groups -OCH3 is 1. The molecule has 0 bridgehead atoms. The van der Waals surface area contributed by atoms with Crippen molar-refractivity contribution in [3.8, 4) is 0 Å². The zero-order valence-electron chi connectivity index (χ0n) is 26.6. The van der Waals surface area contributed by atoms with Crippen molar-refractivity contribution in [2.75, 3.05) is 26.9 Å². The maximum Gasteiger partial charge on any atom is 0.310 e. The van der Waals surface area contributed by atoms with Gasteiger partial charge in [-0.2, -0.15) is 0 Å². The van der Waals surface area contributed by atoms with Crippen molar-refractivity contribution in [3.05, 3.63) is 133 Å². The van der Waals surface area contributed by atoms with Gasteiger partial charge in [0.05, 0.1) is 31.1 Å². The highest BCUT2D eigenvalue weighted by atomic mass is 16.5. The molecule has 46 heavy (non-hydrogen) atoms. The topological polar surface area (TPSA) is 105 Å². The molecule has 0 saturated heterocycles. The molecule has 0 spiro atoms. The van der Waals surface area contributed by atoms with Gasteiger partial charge in [-0.15, -0.1) is 13.2 Å². The van der Waals surface area contributed by atoms with Gasteiger partial charge in [-0.3, -0.25) is 14.4 Å². The summed E-state index contributed by atoms with van der Waals surface area (Å²) in [5, 5.41) is 12.7. The van der Waals surface area contributed by atoms with Crippen molar-refractivity contribution in [2.24, 2.45) is 11.8 Å². The number of ether oxygens (including phenoxy) is 2. The third-order valence-electron chi connectivity index (χ3n) is 7.70. The SMILES string of the molecule is C=CCC(CC(=O)N(CCO)Cc1ccccc1)C(=O)NC(COC)C(OC(=O)C(CC=C)Cc1ccccc1)c1ccccc1. The van der Waals surface area contributed by atoms with Gasteiger partial charge >= 0.3 is 5.97 Å². The van der Waals surface area contributed by atoms with Crippen molar-refractivity contribution in [1.29, 1.82) is 0 Å². The van der Waals surface area contributed by atoms with Crippen LogP contribution in [0.15, 0.2) is 116 Å². The number of carbonyl (C=O) groups is 3. The molecule has 8 heteroatoms. The number of aliphatic hydroxyl groups excluding tert-OH is 1. The Balaban J connectivity index is 1.82. The van der Waals surface area contributed by atoms with Gasteiger partial charge in [0.15, 0.2) is 0 Å². The molecular weight excluding hydrogens is 580 g/mol. The number of hydrogen-bond acceptors (Lipinski definition) is 6.